The van der Waals surface area contributed by atoms with Gasteiger partial charge in [0, 0.05) is 23.0 Å². The average molecular weight is 338 g/mol. The fraction of sp³-hybridized carbons (Fsp3) is 0.438. The van der Waals surface area contributed by atoms with Gasteiger partial charge in [-0.25, -0.2) is 13.1 Å². The van der Waals surface area contributed by atoms with Crippen LogP contribution < -0.4 is 15.0 Å². The van der Waals surface area contributed by atoms with E-state index in [4.69, 9.17) is 4.74 Å². The number of aromatic amines is 1. The largest absolute Gasteiger partial charge is 0.497 e. The third-order valence-electron chi connectivity index (χ3n) is 3.61. The summed E-state index contributed by atoms with van der Waals surface area (Å²) in [5, 5.41) is 0.854. The number of rotatable bonds is 8. The monoisotopic (exact) mass is 338 g/mol. The summed E-state index contributed by atoms with van der Waals surface area (Å²) in [6.45, 7) is 2.16. The fourth-order valence-corrected chi connectivity index (χ4v) is 3.52. The number of nitrogens with one attached hydrogen (secondary N) is 2. The van der Waals surface area contributed by atoms with Crippen molar-refractivity contribution in [2.45, 2.75) is 26.2 Å². The molecule has 0 saturated heterocycles. The molecule has 23 heavy (non-hydrogen) atoms. The summed E-state index contributed by atoms with van der Waals surface area (Å²) in [7, 11) is -1.68. The predicted molar refractivity (Wildman–Crippen MR) is 91.5 cm³/mol. The predicted octanol–water partition coefficient (Wildman–Crippen LogP) is 1.80. The van der Waals surface area contributed by atoms with E-state index in [1.165, 1.54) is 0 Å². The van der Waals surface area contributed by atoms with Crippen molar-refractivity contribution in [3.05, 3.63) is 40.2 Å². The van der Waals surface area contributed by atoms with Crippen LogP contribution in [0.3, 0.4) is 0 Å². The molecule has 1 aromatic heterocycles. The molecule has 6 nitrogen and oxygen atoms in total. The molecule has 0 aliphatic rings. The van der Waals surface area contributed by atoms with E-state index in [9.17, 15) is 13.2 Å². The van der Waals surface area contributed by atoms with Crippen molar-refractivity contribution in [3.8, 4) is 5.75 Å². The van der Waals surface area contributed by atoms with Crippen molar-refractivity contribution >= 4 is 20.9 Å². The number of H-pyrrole nitrogens is 1. The molecule has 0 saturated carbocycles. The lowest BCUT2D eigenvalue weighted by Crippen LogP contribution is -2.29. The Morgan fingerprint density at radius 1 is 1.26 bits per heavy atom. The maximum Gasteiger partial charge on any atom is 0.251 e. The van der Waals surface area contributed by atoms with Crippen LogP contribution in [-0.4, -0.2) is 32.8 Å². The van der Waals surface area contributed by atoms with Gasteiger partial charge in [0.05, 0.1) is 12.9 Å². The Labute approximate surface area is 135 Å². The van der Waals surface area contributed by atoms with E-state index in [2.05, 4.69) is 9.71 Å². The van der Waals surface area contributed by atoms with Gasteiger partial charge >= 0.3 is 0 Å². The van der Waals surface area contributed by atoms with E-state index >= 15 is 0 Å². The van der Waals surface area contributed by atoms with E-state index < -0.39 is 10.0 Å². The molecule has 0 fully saturated rings. The lowest BCUT2D eigenvalue weighted by atomic mass is 10.1. The minimum absolute atomic E-state index is 0.120. The second-order valence-electron chi connectivity index (χ2n) is 5.39. The van der Waals surface area contributed by atoms with Crippen molar-refractivity contribution in [1.82, 2.24) is 9.71 Å². The summed E-state index contributed by atoms with van der Waals surface area (Å²) in [4.78, 5) is 14.9. The first-order chi connectivity index (χ1) is 10.9. The molecule has 0 amide bonds. The Hall–Kier alpha value is -1.86. The maximum absolute atomic E-state index is 12.1. The molecule has 0 aliphatic carbocycles. The molecule has 2 aromatic rings. The van der Waals surface area contributed by atoms with Crippen LogP contribution in [0.2, 0.25) is 0 Å². The van der Waals surface area contributed by atoms with Crippen molar-refractivity contribution in [2.75, 3.05) is 19.4 Å². The van der Waals surface area contributed by atoms with Gasteiger partial charge < -0.3 is 9.72 Å². The first-order valence-electron chi connectivity index (χ1n) is 7.62. The smallest absolute Gasteiger partial charge is 0.251 e. The summed E-state index contributed by atoms with van der Waals surface area (Å²) >= 11 is 0. The van der Waals surface area contributed by atoms with Gasteiger partial charge in [-0.3, -0.25) is 4.79 Å². The van der Waals surface area contributed by atoms with Gasteiger partial charge in [0.15, 0.2) is 0 Å². The number of fused-ring (bicyclic) bond motifs is 1. The highest BCUT2D eigenvalue weighted by Crippen LogP contribution is 2.18. The number of hydrogen-bond donors (Lipinski definition) is 2. The Kier molecular flexibility index (Phi) is 5.79. The third-order valence-corrected chi connectivity index (χ3v) is 5.08. The number of sulfonamides is 1. The van der Waals surface area contributed by atoms with Gasteiger partial charge in [-0.1, -0.05) is 13.3 Å². The van der Waals surface area contributed by atoms with Crippen LogP contribution in [0.25, 0.3) is 10.9 Å². The Morgan fingerprint density at radius 2 is 2.04 bits per heavy atom. The number of pyridine rings is 1. The summed E-state index contributed by atoms with van der Waals surface area (Å²) in [6.07, 6.45) is 1.80. The zero-order valence-electron chi connectivity index (χ0n) is 13.4. The van der Waals surface area contributed by atoms with Gasteiger partial charge in [0.25, 0.3) is 5.56 Å². The molecule has 126 valence electrons. The average Bonchev–Trinajstić information content (AvgIpc) is 2.53. The second-order valence-corrected chi connectivity index (χ2v) is 7.32. The quantitative estimate of drug-likeness (QED) is 0.768. The summed E-state index contributed by atoms with van der Waals surface area (Å²) < 4.78 is 31.2. The third kappa shape index (κ3) is 4.80. The van der Waals surface area contributed by atoms with E-state index in [1.807, 2.05) is 13.0 Å². The summed E-state index contributed by atoms with van der Waals surface area (Å²) in [6, 6.07) is 7.17. The first-order valence-corrected chi connectivity index (χ1v) is 9.27. The SMILES string of the molecule is CCCCS(=O)(=O)NCCc1cc2cc(OC)ccc2[nH]c1=O. The molecule has 2 N–H and O–H groups in total. The molecular weight excluding hydrogens is 316 g/mol. The van der Waals surface area contributed by atoms with E-state index in [0.717, 1.165) is 17.3 Å². The minimum atomic E-state index is -3.26. The number of unbranched alkanes of at least 4 members (excludes halogenated alkanes) is 1. The molecule has 2 rings (SSSR count). The zero-order chi connectivity index (χ0) is 16.9. The molecule has 7 heteroatoms. The van der Waals surface area contributed by atoms with Gasteiger partial charge in [-0.15, -0.1) is 0 Å². The molecule has 0 spiro atoms. The Bertz CT molecular complexity index is 828. The van der Waals surface area contributed by atoms with Gasteiger partial charge in [0.1, 0.15) is 5.75 Å². The van der Waals surface area contributed by atoms with E-state index in [-0.39, 0.29) is 17.9 Å². The van der Waals surface area contributed by atoms with Crippen molar-refractivity contribution in [3.63, 3.8) is 0 Å². The van der Waals surface area contributed by atoms with Crippen LogP contribution in [-0.2, 0) is 16.4 Å². The van der Waals surface area contributed by atoms with Crippen LogP contribution in [0.1, 0.15) is 25.3 Å². The Morgan fingerprint density at radius 3 is 2.74 bits per heavy atom. The van der Waals surface area contributed by atoms with Crippen LogP contribution in [0, 0.1) is 0 Å². The molecular formula is C16H22N2O4S. The number of methoxy groups -OCH3 is 1. The van der Waals surface area contributed by atoms with E-state index in [1.54, 1.807) is 25.3 Å². The van der Waals surface area contributed by atoms with Crippen LogP contribution >= 0.6 is 0 Å². The van der Waals surface area contributed by atoms with Gasteiger partial charge in [-0.2, -0.15) is 0 Å². The van der Waals surface area contributed by atoms with Crippen molar-refractivity contribution in [1.29, 1.82) is 0 Å². The van der Waals surface area contributed by atoms with Crippen LogP contribution in [0.4, 0.5) is 0 Å². The number of ether oxygens (including phenoxy) is 1. The highest BCUT2D eigenvalue weighted by molar-refractivity contribution is 7.89. The molecule has 0 unspecified atom stereocenters. The molecule has 0 bridgehead atoms. The summed E-state index contributed by atoms with van der Waals surface area (Å²) in [5.41, 5.74) is 1.07. The lowest BCUT2D eigenvalue weighted by molar-refractivity contribution is 0.415. The molecule has 0 atom stereocenters. The number of benzene rings is 1. The highest BCUT2D eigenvalue weighted by atomic mass is 32.2. The lowest BCUT2D eigenvalue weighted by Gasteiger charge is -2.07. The standard InChI is InChI=1S/C16H22N2O4S/c1-3-4-9-23(20,21)17-8-7-12-10-13-11-14(22-2)5-6-15(13)18-16(12)19/h5-6,10-11,17H,3-4,7-9H2,1-2H3,(H,18,19). The Balaban J connectivity index is 2.11. The number of hydrogen-bond acceptors (Lipinski definition) is 4. The second kappa shape index (κ2) is 7.61. The van der Waals surface area contributed by atoms with Crippen LogP contribution in [0.15, 0.2) is 29.1 Å². The fourth-order valence-electron chi connectivity index (χ4n) is 2.29. The molecule has 1 aromatic carbocycles. The molecule has 0 aliphatic heterocycles. The topological polar surface area (TPSA) is 88.3 Å². The van der Waals surface area contributed by atoms with Gasteiger partial charge in [0.2, 0.25) is 10.0 Å². The van der Waals surface area contributed by atoms with Crippen molar-refractivity contribution < 1.29 is 13.2 Å². The highest BCUT2D eigenvalue weighted by Gasteiger charge is 2.10. The van der Waals surface area contributed by atoms with Crippen LogP contribution in [0.5, 0.6) is 5.75 Å². The van der Waals surface area contributed by atoms with Gasteiger partial charge in [-0.05, 0) is 37.1 Å². The van der Waals surface area contributed by atoms with E-state index in [0.29, 0.717) is 24.2 Å². The molecule has 0 radical (unpaired) electrons. The normalized spacial score (nSPS) is 11.7. The number of aromatic nitrogens is 1. The zero-order valence-corrected chi connectivity index (χ0v) is 14.2. The molecule has 1 heterocycles. The maximum atomic E-state index is 12.1. The van der Waals surface area contributed by atoms with Crippen molar-refractivity contribution in [2.24, 2.45) is 0 Å². The minimum Gasteiger partial charge on any atom is -0.497 e. The first kappa shape index (κ1) is 17.5. The summed E-state index contributed by atoms with van der Waals surface area (Å²) in [5.74, 6) is 0.824.